The van der Waals surface area contributed by atoms with Crippen LogP contribution in [0.25, 0.3) is 0 Å². The van der Waals surface area contributed by atoms with E-state index in [1.807, 2.05) is 0 Å². The molecule has 3 nitrogen and oxygen atoms in total. The van der Waals surface area contributed by atoms with Crippen LogP contribution in [-0.4, -0.2) is 22.3 Å². The van der Waals surface area contributed by atoms with Gasteiger partial charge in [-0.05, 0) is 12.8 Å². The van der Waals surface area contributed by atoms with Crippen LogP contribution in [-0.2, 0) is 9.59 Å². The van der Waals surface area contributed by atoms with Crippen LogP contribution in [0.2, 0.25) is 0 Å². The maximum atomic E-state index is 11.5. The van der Waals surface area contributed by atoms with Crippen molar-refractivity contribution >= 4 is 23.6 Å². The van der Waals surface area contributed by atoms with E-state index in [0.717, 1.165) is 12.8 Å². The number of hydrogen-bond acceptors (Lipinski definition) is 3. The summed E-state index contributed by atoms with van der Waals surface area (Å²) >= 11 is 1.71. The van der Waals surface area contributed by atoms with E-state index < -0.39 is 0 Å². The zero-order valence-corrected chi connectivity index (χ0v) is 11.6. The van der Waals surface area contributed by atoms with Gasteiger partial charge in [-0.15, -0.1) is 11.8 Å². The molecule has 4 heteroatoms. The molecule has 0 aromatic carbocycles. The van der Waals surface area contributed by atoms with Crippen LogP contribution < -0.4 is 5.32 Å². The third-order valence-corrected chi connectivity index (χ3v) is 4.59. The molecule has 0 aliphatic carbocycles. The fourth-order valence-corrected chi connectivity index (χ4v) is 3.67. The van der Waals surface area contributed by atoms with Gasteiger partial charge in [0.2, 0.25) is 11.8 Å². The molecule has 98 valence electrons. The van der Waals surface area contributed by atoms with Crippen molar-refractivity contribution in [3.63, 3.8) is 0 Å². The van der Waals surface area contributed by atoms with Gasteiger partial charge >= 0.3 is 0 Å². The summed E-state index contributed by atoms with van der Waals surface area (Å²) in [6.07, 6.45) is 7.55. The standard InChI is InChI=1S/C13H23NO2S/c1-3-5-6-8-10(7-4-2)17-11-9-12(15)14-13(11)16/h10-11H,3-9H2,1-2H3,(H,14,15,16). The lowest BCUT2D eigenvalue weighted by molar-refractivity contribution is -0.124. The molecular formula is C13H23NO2S. The van der Waals surface area contributed by atoms with Crippen molar-refractivity contribution < 1.29 is 9.59 Å². The van der Waals surface area contributed by atoms with Crippen LogP contribution in [0.4, 0.5) is 0 Å². The molecule has 1 aliphatic heterocycles. The smallest absolute Gasteiger partial charge is 0.240 e. The minimum atomic E-state index is -0.138. The van der Waals surface area contributed by atoms with Gasteiger partial charge in [-0.2, -0.15) is 0 Å². The van der Waals surface area contributed by atoms with Crippen molar-refractivity contribution in [3.8, 4) is 0 Å². The molecule has 1 rings (SSSR count). The molecule has 1 saturated heterocycles. The second-order valence-electron chi connectivity index (χ2n) is 4.65. The van der Waals surface area contributed by atoms with E-state index in [9.17, 15) is 9.59 Å². The first-order valence-corrected chi connectivity index (χ1v) is 7.60. The molecule has 2 unspecified atom stereocenters. The molecule has 1 fully saturated rings. The summed E-state index contributed by atoms with van der Waals surface area (Å²) < 4.78 is 0. The Hall–Kier alpha value is -0.510. The predicted octanol–water partition coefficient (Wildman–Crippen LogP) is 2.88. The number of amides is 2. The number of carbonyl (C=O) groups is 2. The van der Waals surface area contributed by atoms with Crippen LogP contribution in [0.5, 0.6) is 0 Å². The van der Waals surface area contributed by atoms with E-state index in [1.54, 1.807) is 11.8 Å². The molecule has 0 aromatic heterocycles. The molecule has 0 bridgehead atoms. The third kappa shape index (κ3) is 5.11. The lowest BCUT2D eigenvalue weighted by Gasteiger charge is -2.18. The zero-order valence-electron chi connectivity index (χ0n) is 10.8. The van der Waals surface area contributed by atoms with Crippen molar-refractivity contribution in [3.05, 3.63) is 0 Å². The molecular weight excluding hydrogens is 234 g/mol. The van der Waals surface area contributed by atoms with E-state index in [4.69, 9.17) is 0 Å². The Morgan fingerprint density at radius 1 is 1.24 bits per heavy atom. The summed E-state index contributed by atoms with van der Waals surface area (Å²) in [4.78, 5) is 22.6. The number of thioether (sulfide) groups is 1. The summed E-state index contributed by atoms with van der Waals surface area (Å²) in [5.41, 5.74) is 0. The fourth-order valence-electron chi connectivity index (χ4n) is 2.10. The maximum absolute atomic E-state index is 11.5. The molecule has 2 amide bonds. The van der Waals surface area contributed by atoms with Gasteiger partial charge in [0, 0.05) is 11.7 Å². The van der Waals surface area contributed by atoms with Crippen LogP contribution in [0, 0.1) is 0 Å². The average Bonchev–Trinajstić information content (AvgIpc) is 2.58. The molecule has 1 N–H and O–H groups in total. The topological polar surface area (TPSA) is 46.2 Å². The molecule has 2 atom stereocenters. The molecule has 1 heterocycles. The van der Waals surface area contributed by atoms with Gasteiger partial charge in [0.25, 0.3) is 0 Å². The van der Waals surface area contributed by atoms with Gasteiger partial charge in [0.15, 0.2) is 0 Å². The van der Waals surface area contributed by atoms with Crippen LogP contribution in [0.1, 0.15) is 58.8 Å². The lowest BCUT2D eigenvalue weighted by Crippen LogP contribution is -2.24. The van der Waals surface area contributed by atoms with E-state index in [0.29, 0.717) is 11.7 Å². The Labute approximate surface area is 108 Å². The van der Waals surface area contributed by atoms with Gasteiger partial charge in [-0.25, -0.2) is 0 Å². The van der Waals surface area contributed by atoms with Gasteiger partial charge in [0.1, 0.15) is 0 Å². The molecule has 1 aliphatic rings. The molecule has 0 saturated carbocycles. The van der Waals surface area contributed by atoms with E-state index in [1.165, 1.54) is 25.7 Å². The third-order valence-electron chi connectivity index (χ3n) is 3.02. The Morgan fingerprint density at radius 3 is 2.53 bits per heavy atom. The van der Waals surface area contributed by atoms with Gasteiger partial charge in [0.05, 0.1) is 5.25 Å². The minimum Gasteiger partial charge on any atom is -0.295 e. The van der Waals surface area contributed by atoms with Crippen LogP contribution >= 0.6 is 11.8 Å². The van der Waals surface area contributed by atoms with Crippen molar-refractivity contribution in [2.75, 3.05) is 0 Å². The average molecular weight is 257 g/mol. The van der Waals surface area contributed by atoms with Crippen LogP contribution in [0.3, 0.4) is 0 Å². The van der Waals surface area contributed by atoms with Gasteiger partial charge < -0.3 is 0 Å². The second kappa shape index (κ2) is 7.75. The van der Waals surface area contributed by atoms with E-state index in [-0.39, 0.29) is 17.1 Å². The summed E-state index contributed by atoms with van der Waals surface area (Å²) in [5, 5.41) is 2.78. The zero-order chi connectivity index (χ0) is 12.7. The number of rotatable bonds is 8. The summed E-state index contributed by atoms with van der Waals surface area (Å²) in [7, 11) is 0. The van der Waals surface area contributed by atoms with Crippen LogP contribution in [0.15, 0.2) is 0 Å². The largest absolute Gasteiger partial charge is 0.295 e. The first kappa shape index (κ1) is 14.6. The first-order valence-electron chi connectivity index (χ1n) is 6.66. The highest BCUT2D eigenvalue weighted by atomic mass is 32.2. The van der Waals surface area contributed by atoms with E-state index in [2.05, 4.69) is 19.2 Å². The lowest BCUT2D eigenvalue weighted by atomic mass is 10.1. The molecule has 0 aromatic rings. The van der Waals surface area contributed by atoms with Gasteiger partial charge in [-0.1, -0.05) is 39.5 Å². The highest BCUT2D eigenvalue weighted by molar-refractivity contribution is 8.01. The summed E-state index contributed by atoms with van der Waals surface area (Å²) in [6, 6.07) is 0. The number of hydrogen-bond donors (Lipinski definition) is 1. The quantitative estimate of drug-likeness (QED) is 0.537. The molecule has 17 heavy (non-hydrogen) atoms. The molecule has 0 radical (unpaired) electrons. The normalized spacial score (nSPS) is 21.6. The van der Waals surface area contributed by atoms with Crippen molar-refractivity contribution in [1.29, 1.82) is 0 Å². The van der Waals surface area contributed by atoms with Gasteiger partial charge in [-0.3, -0.25) is 14.9 Å². The van der Waals surface area contributed by atoms with Crippen molar-refractivity contribution in [2.45, 2.75) is 69.3 Å². The Kier molecular flexibility index (Phi) is 6.63. The summed E-state index contributed by atoms with van der Waals surface area (Å²) in [5.74, 6) is -0.201. The second-order valence-corrected chi connectivity index (χ2v) is 6.16. The Balaban J connectivity index is 2.37. The molecule has 0 spiro atoms. The minimum absolute atomic E-state index is 0.0865. The fraction of sp³-hybridized carbons (Fsp3) is 0.846. The maximum Gasteiger partial charge on any atom is 0.240 e. The first-order chi connectivity index (χ1) is 8.17. The highest BCUT2D eigenvalue weighted by Crippen LogP contribution is 2.30. The number of unbranched alkanes of at least 4 members (excludes halogenated alkanes) is 2. The van der Waals surface area contributed by atoms with Crippen molar-refractivity contribution in [1.82, 2.24) is 5.32 Å². The number of imide groups is 1. The number of carbonyl (C=O) groups excluding carboxylic acids is 2. The summed E-state index contributed by atoms with van der Waals surface area (Å²) in [6.45, 7) is 4.37. The predicted molar refractivity (Wildman–Crippen MR) is 72.0 cm³/mol. The monoisotopic (exact) mass is 257 g/mol. The Morgan fingerprint density at radius 2 is 2.00 bits per heavy atom. The highest BCUT2D eigenvalue weighted by Gasteiger charge is 2.32. The Bertz CT molecular complexity index is 268. The SMILES string of the molecule is CCCCCC(CCC)SC1CC(=O)NC1=O. The number of nitrogens with one attached hydrogen (secondary N) is 1. The van der Waals surface area contributed by atoms with E-state index >= 15 is 0 Å². The van der Waals surface area contributed by atoms with Crippen molar-refractivity contribution in [2.24, 2.45) is 0 Å².